The molecule has 0 aliphatic carbocycles. The van der Waals surface area contributed by atoms with Gasteiger partial charge in [-0.1, -0.05) is 0 Å². The summed E-state index contributed by atoms with van der Waals surface area (Å²) in [4.78, 5) is 0. The highest BCUT2D eigenvalue weighted by Gasteiger charge is 2.55. The van der Waals surface area contributed by atoms with Crippen LogP contribution in [-0.4, -0.2) is 233 Å². The standard InChI is InChI=1S/C27H48O22/c1-7(32)21(13(34)8(33)2-28)47-26-20(41)22(16(37)10(4-30)44-26)48-27-23(17(38)11(5-31)45-27)49-25-19(40)15(36)12(46-25)6-42-24-18(39)14(35)9(3-29)43-24/h7-41H,2-6H2,1H3/t7-,8-,9-,10+,11-,12-,13-,14-,15-,16-,17-,18+,19+,20+,21-,22-,23+,24?,25?,26?,27?/m0/s1. The van der Waals surface area contributed by atoms with E-state index in [2.05, 4.69) is 0 Å². The van der Waals surface area contributed by atoms with Crippen LogP contribution < -0.4 is 0 Å². The molecule has 0 amide bonds. The minimum absolute atomic E-state index is 0.518. The molecule has 4 unspecified atom stereocenters. The van der Waals surface area contributed by atoms with Gasteiger partial charge < -0.3 is 109 Å². The van der Waals surface area contributed by atoms with Crippen LogP contribution in [0, 0.1) is 0 Å². The van der Waals surface area contributed by atoms with Crippen molar-refractivity contribution in [2.24, 2.45) is 0 Å². The Morgan fingerprint density at radius 1 is 0.531 bits per heavy atom. The number of hydrogen-bond donors (Lipinski definition) is 14. The molecule has 0 aromatic rings. The lowest BCUT2D eigenvalue weighted by Gasteiger charge is -2.44. The molecular formula is C27H48O22. The minimum Gasteiger partial charge on any atom is -0.394 e. The van der Waals surface area contributed by atoms with Gasteiger partial charge in [0.15, 0.2) is 25.2 Å². The number of rotatable bonds is 16. The fourth-order valence-corrected chi connectivity index (χ4v) is 5.86. The van der Waals surface area contributed by atoms with Gasteiger partial charge in [-0.2, -0.15) is 0 Å². The Labute approximate surface area is 278 Å². The lowest BCUT2D eigenvalue weighted by molar-refractivity contribution is -0.350. The number of aliphatic hydroxyl groups is 14. The van der Waals surface area contributed by atoms with Crippen LogP contribution in [0.15, 0.2) is 0 Å². The van der Waals surface area contributed by atoms with Crippen LogP contribution in [0.25, 0.3) is 0 Å². The molecule has 288 valence electrons. The summed E-state index contributed by atoms with van der Waals surface area (Å²) in [5, 5.41) is 142. The average Bonchev–Trinajstić information content (AvgIpc) is 3.65. The van der Waals surface area contributed by atoms with Crippen LogP contribution in [-0.2, 0) is 37.9 Å². The molecule has 22 heteroatoms. The maximum atomic E-state index is 11.1. The third-order valence-corrected chi connectivity index (χ3v) is 8.81. The molecule has 0 saturated carbocycles. The zero-order valence-electron chi connectivity index (χ0n) is 26.2. The topological polar surface area (TPSA) is 357 Å². The van der Waals surface area contributed by atoms with Gasteiger partial charge in [-0.15, -0.1) is 0 Å². The minimum atomic E-state index is -1.99. The molecule has 49 heavy (non-hydrogen) atoms. The second-order valence-corrected chi connectivity index (χ2v) is 12.3. The molecule has 21 atom stereocenters. The third kappa shape index (κ3) is 8.85. The number of aliphatic hydroxyl groups excluding tert-OH is 14. The molecule has 0 aromatic carbocycles. The Hall–Kier alpha value is -0.880. The SMILES string of the molecule is C[C@H](O)[C@H](OC1O[C@H](CO)[C@H](O)[C@H](OC2O[C@@H](CO)[C@H](O)[C@H]2OC2O[C@@H](COC3O[C@@H](CO)[C@H](O)[C@H]3O)[C@H](O)[C@H]2O)[C@H]1O)[C@@H](O)[C@@H](O)CO. The summed E-state index contributed by atoms with van der Waals surface area (Å²) < 4.78 is 44.0. The quantitative estimate of drug-likeness (QED) is 0.0702. The Balaban J connectivity index is 1.45. The van der Waals surface area contributed by atoms with Gasteiger partial charge in [0.1, 0.15) is 97.7 Å². The van der Waals surface area contributed by atoms with Crippen molar-refractivity contribution in [1.29, 1.82) is 0 Å². The lowest BCUT2D eigenvalue weighted by atomic mass is 9.98. The first-order chi connectivity index (χ1) is 23.2. The molecular weight excluding hydrogens is 676 g/mol. The van der Waals surface area contributed by atoms with Crippen LogP contribution in [0.3, 0.4) is 0 Å². The zero-order chi connectivity index (χ0) is 36.3. The van der Waals surface area contributed by atoms with E-state index in [1.165, 1.54) is 6.92 Å². The van der Waals surface area contributed by atoms with Gasteiger partial charge in [0.2, 0.25) is 0 Å². The van der Waals surface area contributed by atoms with Crippen molar-refractivity contribution in [1.82, 2.24) is 0 Å². The monoisotopic (exact) mass is 724 g/mol. The van der Waals surface area contributed by atoms with Crippen LogP contribution >= 0.6 is 0 Å². The van der Waals surface area contributed by atoms with Crippen molar-refractivity contribution in [2.75, 3.05) is 33.0 Å². The highest BCUT2D eigenvalue weighted by Crippen LogP contribution is 2.35. The first-order valence-corrected chi connectivity index (χ1v) is 15.6. The van der Waals surface area contributed by atoms with Gasteiger partial charge >= 0.3 is 0 Å². The Morgan fingerprint density at radius 2 is 1.00 bits per heavy atom. The highest BCUT2D eigenvalue weighted by atomic mass is 16.8. The van der Waals surface area contributed by atoms with Crippen molar-refractivity contribution < 1.29 is 109 Å². The van der Waals surface area contributed by atoms with Crippen molar-refractivity contribution in [3.05, 3.63) is 0 Å². The summed E-state index contributed by atoms with van der Waals surface area (Å²) in [6.45, 7) is -2.54. The van der Waals surface area contributed by atoms with Crippen molar-refractivity contribution in [3.63, 3.8) is 0 Å². The second kappa shape index (κ2) is 17.8. The van der Waals surface area contributed by atoms with Crippen LogP contribution in [0.4, 0.5) is 0 Å². The molecule has 4 rings (SSSR count). The average molecular weight is 725 g/mol. The van der Waals surface area contributed by atoms with E-state index in [0.717, 1.165) is 0 Å². The molecule has 0 spiro atoms. The third-order valence-electron chi connectivity index (χ3n) is 8.81. The molecule has 0 aromatic heterocycles. The number of ether oxygens (including phenoxy) is 8. The molecule has 14 N–H and O–H groups in total. The van der Waals surface area contributed by atoms with E-state index in [1.807, 2.05) is 0 Å². The molecule has 4 heterocycles. The Bertz CT molecular complexity index is 996. The van der Waals surface area contributed by atoms with Gasteiger partial charge in [0.05, 0.1) is 39.1 Å². The Kier molecular flexibility index (Phi) is 14.8. The van der Waals surface area contributed by atoms with E-state index in [9.17, 15) is 71.5 Å². The van der Waals surface area contributed by atoms with Gasteiger partial charge in [0.25, 0.3) is 0 Å². The molecule has 4 saturated heterocycles. The fourth-order valence-electron chi connectivity index (χ4n) is 5.86. The fraction of sp³-hybridized carbons (Fsp3) is 1.00. The van der Waals surface area contributed by atoms with Gasteiger partial charge in [-0.25, -0.2) is 0 Å². The molecule has 4 aliphatic rings. The molecule has 0 bridgehead atoms. The van der Waals surface area contributed by atoms with E-state index >= 15 is 0 Å². The second-order valence-electron chi connectivity index (χ2n) is 12.3. The van der Waals surface area contributed by atoms with Crippen LogP contribution in [0.2, 0.25) is 0 Å². The van der Waals surface area contributed by atoms with E-state index in [4.69, 9.17) is 37.9 Å². The number of hydrogen-bond acceptors (Lipinski definition) is 22. The molecule has 0 radical (unpaired) electrons. The van der Waals surface area contributed by atoms with Crippen LogP contribution in [0.1, 0.15) is 6.92 Å². The molecule has 4 fully saturated rings. The highest BCUT2D eigenvalue weighted by molar-refractivity contribution is 4.96. The first-order valence-electron chi connectivity index (χ1n) is 15.6. The van der Waals surface area contributed by atoms with Crippen molar-refractivity contribution in [3.8, 4) is 0 Å². The zero-order valence-corrected chi connectivity index (χ0v) is 26.2. The normalized spacial score (nSPS) is 47.0. The van der Waals surface area contributed by atoms with E-state index in [-0.39, 0.29) is 0 Å². The summed E-state index contributed by atoms with van der Waals surface area (Å²) in [5.74, 6) is 0. The van der Waals surface area contributed by atoms with Crippen molar-refractivity contribution >= 4 is 0 Å². The first kappa shape index (κ1) is 40.9. The maximum Gasteiger partial charge on any atom is 0.187 e. The predicted molar refractivity (Wildman–Crippen MR) is 149 cm³/mol. The largest absolute Gasteiger partial charge is 0.394 e. The predicted octanol–water partition coefficient (Wildman–Crippen LogP) is -9.34. The van der Waals surface area contributed by atoms with Crippen LogP contribution in [0.5, 0.6) is 0 Å². The van der Waals surface area contributed by atoms with Crippen molar-refractivity contribution in [2.45, 2.75) is 136 Å². The lowest BCUT2D eigenvalue weighted by Crippen LogP contribution is -2.63. The summed E-state index contributed by atoms with van der Waals surface area (Å²) >= 11 is 0. The van der Waals surface area contributed by atoms with E-state index < -0.39 is 162 Å². The summed E-state index contributed by atoms with van der Waals surface area (Å²) in [6.07, 6.45) is -34.3. The summed E-state index contributed by atoms with van der Waals surface area (Å²) in [6, 6.07) is 0. The Morgan fingerprint density at radius 3 is 1.55 bits per heavy atom. The molecule has 22 nitrogen and oxygen atoms in total. The van der Waals surface area contributed by atoms with Gasteiger partial charge in [-0.05, 0) is 6.92 Å². The maximum absolute atomic E-state index is 11.1. The molecule has 4 aliphatic heterocycles. The van der Waals surface area contributed by atoms with E-state index in [1.54, 1.807) is 0 Å². The van der Waals surface area contributed by atoms with E-state index in [0.29, 0.717) is 0 Å². The van der Waals surface area contributed by atoms with Gasteiger partial charge in [0, 0.05) is 0 Å². The smallest absolute Gasteiger partial charge is 0.187 e. The summed E-state index contributed by atoms with van der Waals surface area (Å²) in [7, 11) is 0. The van der Waals surface area contributed by atoms with Gasteiger partial charge in [-0.3, -0.25) is 0 Å². The summed E-state index contributed by atoms with van der Waals surface area (Å²) in [5.41, 5.74) is 0.